The molecule has 0 radical (unpaired) electrons. The van der Waals surface area contributed by atoms with Gasteiger partial charge in [-0.05, 0) is 32.1 Å². The molecule has 1 aromatic rings. The van der Waals surface area contributed by atoms with Crippen LogP contribution < -0.4 is 5.32 Å². The van der Waals surface area contributed by atoms with Gasteiger partial charge in [0.15, 0.2) is 5.82 Å². The van der Waals surface area contributed by atoms with Crippen LogP contribution in [-0.2, 0) is 16.0 Å². The molecule has 1 aliphatic heterocycles. The molecule has 136 valence electrons. The first-order valence-electron chi connectivity index (χ1n) is 8.69. The molecule has 25 heavy (non-hydrogen) atoms. The minimum absolute atomic E-state index is 0.0266. The molecule has 2 amide bonds. The van der Waals surface area contributed by atoms with Crippen molar-refractivity contribution in [1.29, 1.82) is 0 Å². The summed E-state index contributed by atoms with van der Waals surface area (Å²) in [4.78, 5) is 30.2. The first-order chi connectivity index (χ1) is 11.8. The zero-order valence-electron chi connectivity index (χ0n) is 14.0. The van der Waals surface area contributed by atoms with E-state index >= 15 is 0 Å². The zero-order chi connectivity index (χ0) is 17.8. The number of aromatic amines is 1. The predicted octanol–water partition coefficient (Wildman–Crippen LogP) is 0.807. The van der Waals surface area contributed by atoms with Crippen LogP contribution in [0.3, 0.4) is 0 Å². The quantitative estimate of drug-likeness (QED) is 0.838. The van der Waals surface area contributed by atoms with Crippen LogP contribution in [0.1, 0.15) is 37.3 Å². The van der Waals surface area contributed by atoms with Crippen LogP contribution in [0.15, 0.2) is 0 Å². The highest BCUT2D eigenvalue weighted by Gasteiger charge is 2.63. The summed E-state index contributed by atoms with van der Waals surface area (Å²) in [6.07, 6.45) is 2.06. The van der Waals surface area contributed by atoms with Gasteiger partial charge in [-0.3, -0.25) is 14.7 Å². The SMILES string of the molecule is Cc1nc(CC(=O)NC2CCC3CC2CN3C(=O)[C@@H]2CC2(F)F)n[nH]1. The maximum Gasteiger partial charge on any atom is 0.260 e. The van der Waals surface area contributed by atoms with E-state index in [1.54, 1.807) is 11.8 Å². The van der Waals surface area contributed by atoms with Crippen LogP contribution >= 0.6 is 0 Å². The molecule has 0 spiro atoms. The van der Waals surface area contributed by atoms with Gasteiger partial charge in [0, 0.05) is 25.0 Å². The van der Waals surface area contributed by atoms with Crippen LogP contribution in [0.5, 0.6) is 0 Å². The van der Waals surface area contributed by atoms with E-state index in [2.05, 4.69) is 20.5 Å². The molecule has 2 aliphatic carbocycles. The normalized spacial score (nSPS) is 32.5. The molecule has 0 aromatic carbocycles. The van der Waals surface area contributed by atoms with Gasteiger partial charge < -0.3 is 10.2 Å². The average Bonchev–Trinajstić information content (AvgIpc) is 2.88. The highest BCUT2D eigenvalue weighted by atomic mass is 19.3. The Kier molecular flexibility index (Phi) is 3.77. The second-order valence-electron chi connectivity index (χ2n) is 7.42. The Bertz CT molecular complexity index is 706. The van der Waals surface area contributed by atoms with E-state index < -0.39 is 17.7 Å². The molecule has 3 unspecified atom stereocenters. The number of hydrogen-bond donors (Lipinski definition) is 2. The zero-order valence-corrected chi connectivity index (χ0v) is 14.0. The fourth-order valence-corrected chi connectivity index (χ4v) is 4.14. The first kappa shape index (κ1) is 16.4. The van der Waals surface area contributed by atoms with Gasteiger partial charge in [0.1, 0.15) is 11.7 Å². The molecule has 2 bridgehead atoms. The lowest BCUT2D eigenvalue weighted by Gasteiger charge is -2.29. The number of carbonyl (C=O) groups is 2. The number of aromatic nitrogens is 3. The van der Waals surface area contributed by atoms with E-state index in [9.17, 15) is 18.4 Å². The van der Waals surface area contributed by atoms with Crippen molar-refractivity contribution >= 4 is 11.8 Å². The largest absolute Gasteiger partial charge is 0.353 e. The smallest absolute Gasteiger partial charge is 0.260 e. The third kappa shape index (κ3) is 3.11. The van der Waals surface area contributed by atoms with E-state index in [0.29, 0.717) is 18.2 Å². The Morgan fingerprint density at radius 1 is 1.40 bits per heavy atom. The van der Waals surface area contributed by atoms with E-state index in [4.69, 9.17) is 0 Å². The van der Waals surface area contributed by atoms with Gasteiger partial charge in [-0.15, -0.1) is 0 Å². The van der Waals surface area contributed by atoms with Crippen molar-refractivity contribution in [2.24, 2.45) is 11.8 Å². The number of nitrogens with zero attached hydrogens (tertiary/aromatic N) is 3. The number of likely N-dealkylation sites (tertiary alicyclic amines) is 1. The lowest BCUT2D eigenvalue weighted by molar-refractivity contribution is -0.135. The van der Waals surface area contributed by atoms with Crippen LogP contribution in [0.2, 0.25) is 0 Å². The molecule has 1 saturated heterocycles. The van der Waals surface area contributed by atoms with Gasteiger partial charge in [-0.1, -0.05) is 0 Å². The van der Waals surface area contributed by atoms with Crippen molar-refractivity contribution in [2.75, 3.05) is 6.54 Å². The minimum atomic E-state index is -2.82. The number of aryl methyl sites for hydroxylation is 1. The molecular weight excluding hydrogens is 332 g/mol. The second kappa shape index (κ2) is 5.74. The summed E-state index contributed by atoms with van der Waals surface area (Å²) >= 11 is 0. The fourth-order valence-electron chi connectivity index (χ4n) is 4.14. The second-order valence-corrected chi connectivity index (χ2v) is 7.42. The maximum absolute atomic E-state index is 13.2. The number of amides is 2. The summed E-state index contributed by atoms with van der Waals surface area (Å²) in [7, 11) is 0. The lowest BCUT2D eigenvalue weighted by Crippen LogP contribution is -2.43. The summed E-state index contributed by atoms with van der Waals surface area (Å²) in [5, 5.41) is 9.66. The first-order valence-corrected chi connectivity index (χ1v) is 8.69. The molecule has 2 saturated carbocycles. The Balaban J connectivity index is 1.33. The van der Waals surface area contributed by atoms with Gasteiger partial charge in [0.05, 0.1) is 6.42 Å². The maximum atomic E-state index is 13.2. The topological polar surface area (TPSA) is 91.0 Å². The summed E-state index contributed by atoms with van der Waals surface area (Å²) < 4.78 is 26.4. The molecule has 3 aliphatic rings. The van der Waals surface area contributed by atoms with Gasteiger partial charge in [-0.25, -0.2) is 13.8 Å². The number of H-pyrrole nitrogens is 1. The van der Waals surface area contributed by atoms with E-state index in [-0.39, 0.29) is 36.8 Å². The Hall–Kier alpha value is -2.06. The van der Waals surface area contributed by atoms with Crippen molar-refractivity contribution in [3.8, 4) is 0 Å². The Morgan fingerprint density at radius 3 is 2.80 bits per heavy atom. The lowest BCUT2D eigenvalue weighted by atomic mass is 9.85. The molecule has 2 N–H and O–H groups in total. The standard InChI is InChI=1S/C16H21F2N5O2/c1-8-19-13(22-21-8)5-14(24)20-12-3-2-10-4-9(12)7-23(10)15(25)11-6-16(11,17)18/h9-12H,2-7H2,1H3,(H,20,24)(H,19,21,22)/t9?,10?,11-,12?/m0/s1. The van der Waals surface area contributed by atoms with Gasteiger partial charge >= 0.3 is 0 Å². The number of nitrogens with one attached hydrogen (secondary N) is 2. The summed E-state index contributed by atoms with van der Waals surface area (Å²) in [5.74, 6) is -3.28. The van der Waals surface area contributed by atoms with E-state index in [1.165, 1.54) is 0 Å². The van der Waals surface area contributed by atoms with Gasteiger partial charge in [0.2, 0.25) is 11.8 Å². The van der Waals surface area contributed by atoms with Crippen molar-refractivity contribution in [1.82, 2.24) is 25.4 Å². The monoisotopic (exact) mass is 353 g/mol. The van der Waals surface area contributed by atoms with E-state index in [1.807, 2.05) is 0 Å². The van der Waals surface area contributed by atoms with Crippen molar-refractivity contribution in [2.45, 2.75) is 57.0 Å². The van der Waals surface area contributed by atoms with Crippen LogP contribution in [-0.4, -0.2) is 56.4 Å². The number of hydrogen-bond acceptors (Lipinski definition) is 4. The molecule has 4 atom stereocenters. The molecule has 2 heterocycles. The fraction of sp³-hybridized carbons (Fsp3) is 0.750. The van der Waals surface area contributed by atoms with E-state index in [0.717, 1.165) is 19.3 Å². The molecule has 1 aromatic heterocycles. The molecule has 9 heteroatoms. The van der Waals surface area contributed by atoms with Crippen molar-refractivity contribution in [3.05, 3.63) is 11.6 Å². The highest BCUT2D eigenvalue weighted by Crippen LogP contribution is 2.51. The molecule has 4 rings (SSSR count). The number of rotatable bonds is 4. The molecule has 7 nitrogen and oxygen atoms in total. The van der Waals surface area contributed by atoms with Gasteiger partial charge in [-0.2, -0.15) is 5.10 Å². The third-order valence-corrected chi connectivity index (χ3v) is 5.54. The van der Waals surface area contributed by atoms with Crippen molar-refractivity contribution in [3.63, 3.8) is 0 Å². The number of halogens is 2. The summed E-state index contributed by atoms with van der Waals surface area (Å²) in [6, 6.07) is 0.0130. The average molecular weight is 353 g/mol. The minimum Gasteiger partial charge on any atom is -0.353 e. The summed E-state index contributed by atoms with van der Waals surface area (Å²) in [5.41, 5.74) is 0. The Morgan fingerprint density at radius 2 is 2.16 bits per heavy atom. The number of fused-ring (bicyclic) bond motifs is 2. The summed E-state index contributed by atoms with van der Waals surface area (Å²) in [6.45, 7) is 2.23. The van der Waals surface area contributed by atoms with Crippen LogP contribution in [0.25, 0.3) is 0 Å². The molecule has 3 fully saturated rings. The van der Waals surface area contributed by atoms with Crippen LogP contribution in [0.4, 0.5) is 8.78 Å². The number of alkyl halides is 2. The third-order valence-electron chi connectivity index (χ3n) is 5.54. The van der Waals surface area contributed by atoms with Crippen LogP contribution in [0, 0.1) is 18.8 Å². The van der Waals surface area contributed by atoms with Crippen molar-refractivity contribution < 1.29 is 18.4 Å². The highest BCUT2D eigenvalue weighted by molar-refractivity contribution is 5.83. The predicted molar refractivity (Wildman–Crippen MR) is 82.7 cm³/mol. The van der Waals surface area contributed by atoms with Gasteiger partial charge in [0.25, 0.3) is 5.92 Å². The Labute approximate surface area is 143 Å². The number of carbonyl (C=O) groups excluding carboxylic acids is 2. The molecular formula is C16H21F2N5O2.